The van der Waals surface area contributed by atoms with Crippen molar-refractivity contribution >= 4 is 29.7 Å². The lowest BCUT2D eigenvalue weighted by Crippen LogP contribution is -2.39. The summed E-state index contributed by atoms with van der Waals surface area (Å²) in [6.07, 6.45) is 0.939. The van der Waals surface area contributed by atoms with E-state index in [1.54, 1.807) is 0 Å². The summed E-state index contributed by atoms with van der Waals surface area (Å²) in [5, 5.41) is 0. The fraction of sp³-hybridized carbons (Fsp3) is 0.444. The first kappa shape index (κ1) is 12.5. The summed E-state index contributed by atoms with van der Waals surface area (Å²) in [5.74, 6) is -1.24. The number of carbonyl (C=O) groups excluding carboxylic acids is 3. The topological polar surface area (TPSA) is 66.9 Å². The van der Waals surface area contributed by atoms with Gasteiger partial charge in [0.25, 0.3) is 5.91 Å². The highest BCUT2D eigenvalue weighted by Crippen LogP contribution is 2.29. The molecule has 0 bridgehead atoms. The first-order valence-electron chi connectivity index (χ1n) is 4.43. The van der Waals surface area contributed by atoms with Crippen molar-refractivity contribution in [1.82, 2.24) is 9.32 Å². The van der Waals surface area contributed by atoms with Crippen molar-refractivity contribution in [2.45, 2.75) is 19.4 Å². The summed E-state index contributed by atoms with van der Waals surface area (Å²) in [6.45, 7) is 5.72. The molecule has 1 heterocycles. The standard InChI is InChI=1S/C9H11ClN2O4/c1-4-6(13)16-5-11-7(14)9(2,3)12(10)8(11)15/h4H,1,5H2,2-3H3. The van der Waals surface area contributed by atoms with E-state index < -0.39 is 30.2 Å². The van der Waals surface area contributed by atoms with E-state index in [4.69, 9.17) is 11.8 Å². The molecule has 88 valence electrons. The molecule has 6 nitrogen and oxygen atoms in total. The number of rotatable bonds is 3. The molecule has 0 atom stereocenters. The van der Waals surface area contributed by atoms with Gasteiger partial charge in [0.15, 0.2) is 6.73 Å². The Balaban J connectivity index is 2.76. The number of esters is 1. The molecule has 1 saturated heterocycles. The normalized spacial score (nSPS) is 18.9. The molecule has 0 saturated carbocycles. The Morgan fingerprint density at radius 2 is 2.12 bits per heavy atom. The maximum atomic E-state index is 11.7. The van der Waals surface area contributed by atoms with Gasteiger partial charge in [0.2, 0.25) is 0 Å². The molecule has 1 aliphatic heterocycles. The summed E-state index contributed by atoms with van der Waals surface area (Å²) in [6, 6.07) is -0.714. The number of halogens is 1. The molecule has 0 aromatic rings. The van der Waals surface area contributed by atoms with Gasteiger partial charge in [0.05, 0.1) is 0 Å². The molecule has 0 spiro atoms. The Kier molecular flexibility index (Phi) is 3.23. The number of hydrogen-bond acceptors (Lipinski definition) is 4. The van der Waals surface area contributed by atoms with Gasteiger partial charge in [0.1, 0.15) is 5.54 Å². The molecule has 0 unspecified atom stereocenters. The van der Waals surface area contributed by atoms with Gasteiger partial charge < -0.3 is 4.74 Å². The van der Waals surface area contributed by atoms with Crippen LogP contribution in [0.1, 0.15) is 13.8 Å². The van der Waals surface area contributed by atoms with Crippen LogP contribution in [0.25, 0.3) is 0 Å². The zero-order chi connectivity index (χ0) is 12.5. The summed E-state index contributed by atoms with van der Waals surface area (Å²) in [5.41, 5.74) is -1.14. The average Bonchev–Trinajstić information content (AvgIpc) is 2.39. The third-order valence-corrected chi connectivity index (χ3v) is 2.73. The monoisotopic (exact) mass is 246 g/mol. The van der Waals surface area contributed by atoms with Crippen LogP contribution in [0.5, 0.6) is 0 Å². The second-order valence-corrected chi connectivity index (χ2v) is 3.99. The van der Waals surface area contributed by atoms with E-state index in [0.29, 0.717) is 0 Å². The summed E-state index contributed by atoms with van der Waals surface area (Å²) < 4.78 is 5.37. The van der Waals surface area contributed by atoms with E-state index in [9.17, 15) is 14.4 Å². The lowest BCUT2D eigenvalue weighted by Gasteiger charge is -2.19. The number of nitrogens with zero attached hydrogens (tertiary/aromatic N) is 2. The van der Waals surface area contributed by atoms with Gasteiger partial charge in [-0.25, -0.2) is 18.9 Å². The molecule has 0 aromatic carbocycles. The van der Waals surface area contributed by atoms with Crippen LogP contribution >= 0.6 is 11.8 Å². The maximum Gasteiger partial charge on any atom is 0.345 e. The number of carbonyl (C=O) groups is 3. The minimum Gasteiger partial charge on any atom is -0.440 e. The minimum absolute atomic E-state index is 0.463. The summed E-state index contributed by atoms with van der Waals surface area (Å²) in [7, 11) is 0. The highest BCUT2D eigenvalue weighted by Gasteiger charge is 2.51. The molecule has 0 N–H and O–H groups in total. The zero-order valence-electron chi connectivity index (χ0n) is 8.90. The van der Waals surface area contributed by atoms with Gasteiger partial charge in [-0.1, -0.05) is 6.58 Å². The van der Waals surface area contributed by atoms with Crippen molar-refractivity contribution in [3.63, 3.8) is 0 Å². The Morgan fingerprint density at radius 1 is 1.56 bits per heavy atom. The van der Waals surface area contributed by atoms with Gasteiger partial charge in [-0.15, -0.1) is 0 Å². The smallest absolute Gasteiger partial charge is 0.345 e. The highest BCUT2D eigenvalue weighted by molar-refractivity contribution is 6.27. The number of ether oxygens (including phenoxy) is 1. The van der Waals surface area contributed by atoms with Crippen LogP contribution in [0.2, 0.25) is 0 Å². The number of imide groups is 1. The van der Waals surface area contributed by atoms with Crippen LogP contribution in [-0.2, 0) is 14.3 Å². The van der Waals surface area contributed by atoms with E-state index in [0.717, 1.165) is 15.4 Å². The number of hydrogen-bond donors (Lipinski definition) is 0. The third-order valence-electron chi connectivity index (χ3n) is 2.16. The minimum atomic E-state index is -1.14. The molecular weight excluding hydrogens is 236 g/mol. The van der Waals surface area contributed by atoms with Crippen molar-refractivity contribution in [2.75, 3.05) is 6.73 Å². The Labute approximate surface area is 97.5 Å². The van der Waals surface area contributed by atoms with Crippen molar-refractivity contribution < 1.29 is 19.1 Å². The van der Waals surface area contributed by atoms with E-state index >= 15 is 0 Å². The molecule has 0 radical (unpaired) electrons. The van der Waals surface area contributed by atoms with Crippen LogP contribution < -0.4 is 0 Å². The zero-order valence-corrected chi connectivity index (χ0v) is 9.65. The number of amides is 3. The van der Waals surface area contributed by atoms with Gasteiger partial charge in [-0.05, 0) is 13.8 Å². The van der Waals surface area contributed by atoms with Gasteiger partial charge in [0, 0.05) is 17.9 Å². The van der Waals surface area contributed by atoms with Gasteiger partial charge in [-0.2, -0.15) is 0 Å². The fourth-order valence-corrected chi connectivity index (χ4v) is 1.31. The van der Waals surface area contributed by atoms with Crippen molar-refractivity contribution in [2.24, 2.45) is 0 Å². The van der Waals surface area contributed by atoms with Crippen molar-refractivity contribution in [3.05, 3.63) is 12.7 Å². The SMILES string of the molecule is C=CC(=O)OCN1C(=O)N(Cl)C(C)(C)C1=O. The molecule has 0 aliphatic carbocycles. The Bertz CT molecular complexity index is 367. The molecule has 1 fully saturated rings. The first-order chi connectivity index (χ1) is 7.32. The molecular formula is C9H11ClN2O4. The van der Waals surface area contributed by atoms with E-state index in [1.165, 1.54) is 13.8 Å². The quantitative estimate of drug-likeness (QED) is 0.321. The number of urea groups is 1. The summed E-state index contributed by atoms with van der Waals surface area (Å²) in [4.78, 5) is 34.8. The van der Waals surface area contributed by atoms with E-state index in [2.05, 4.69) is 11.3 Å². The molecule has 1 rings (SSSR count). The third kappa shape index (κ3) is 1.88. The summed E-state index contributed by atoms with van der Waals surface area (Å²) >= 11 is 5.65. The van der Waals surface area contributed by atoms with Gasteiger partial charge in [-0.3, -0.25) is 4.79 Å². The Morgan fingerprint density at radius 3 is 2.50 bits per heavy atom. The largest absolute Gasteiger partial charge is 0.440 e. The van der Waals surface area contributed by atoms with Gasteiger partial charge >= 0.3 is 12.0 Å². The van der Waals surface area contributed by atoms with Crippen LogP contribution in [-0.4, -0.2) is 39.5 Å². The predicted molar refractivity (Wildman–Crippen MR) is 55.2 cm³/mol. The van der Waals surface area contributed by atoms with Crippen LogP contribution in [0.15, 0.2) is 12.7 Å². The Hall–Kier alpha value is -1.56. The van der Waals surface area contributed by atoms with Crippen LogP contribution in [0.3, 0.4) is 0 Å². The molecule has 3 amide bonds. The van der Waals surface area contributed by atoms with Crippen molar-refractivity contribution in [3.8, 4) is 0 Å². The lowest BCUT2D eigenvalue weighted by molar-refractivity contribution is -0.145. The van der Waals surface area contributed by atoms with Crippen LogP contribution in [0.4, 0.5) is 4.79 Å². The van der Waals surface area contributed by atoms with E-state index in [1.807, 2.05) is 0 Å². The maximum absolute atomic E-state index is 11.7. The fourth-order valence-electron chi connectivity index (χ4n) is 1.15. The van der Waals surface area contributed by atoms with Crippen molar-refractivity contribution in [1.29, 1.82) is 0 Å². The second-order valence-electron chi connectivity index (χ2n) is 3.65. The van der Waals surface area contributed by atoms with E-state index in [-0.39, 0.29) is 0 Å². The molecule has 1 aliphatic rings. The molecule has 0 aromatic heterocycles. The predicted octanol–water partition coefficient (Wildman–Crippen LogP) is 0.870. The molecule has 16 heavy (non-hydrogen) atoms. The second kappa shape index (κ2) is 4.13. The average molecular weight is 247 g/mol. The highest BCUT2D eigenvalue weighted by atomic mass is 35.5. The lowest BCUT2D eigenvalue weighted by atomic mass is 10.1. The first-order valence-corrected chi connectivity index (χ1v) is 4.77. The van der Waals surface area contributed by atoms with Crippen LogP contribution in [0, 0.1) is 0 Å². The molecule has 7 heteroatoms.